The molecule has 3 aliphatic rings. The maximum Gasteiger partial charge on any atom is 0.185 e. The Labute approximate surface area is 190 Å². The summed E-state index contributed by atoms with van der Waals surface area (Å²) in [5.41, 5.74) is 14.1. The van der Waals surface area contributed by atoms with E-state index in [9.17, 15) is 35.8 Å². The number of hydrogen-bond donors (Lipinski definition) is 11. The third-order valence-corrected chi connectivity index (χ3v) is 6.50. The van der Waals surface area contributed by atoms with Gasteiger partial charge in [-0.1, -0.05) is 0 Å². The molecule has 0 bridgehead atoms. The Morgan fingerprint density at radius 3 is 2.03 bits per heavy atom. The second-order valence-electron chi connectivity index (χ2n) is 8.69. The van der Waals surface area contributed by atoms with E-state index < -0.39 is 92.2 Å². The Bertz CT molecular complexity index is 624. The minimum Gasteiger partial charge on any atom is -0.394 e. The van der Waals surface area contributed by atoms with E-state index >= 15 is 0 Å². The molecule has 33 heavy (non-hydrogen) atoms. The van der Waals surface area contributed by atoms with E-state index in [2.05, 4.69) is 5.32 Å². The average Bonchev–Trinajstić information content (AvgIpc) is 2.78. The zero-order valence-electron chi connectivity index (χ0n) is 18.1. The van der Waals surface area contributed by atoms with Gasteiger partial charge < -0.3 is 71.6 Å². The Kier molecular flexibility index (Phi) is 9.35. The fourth-order valence-corrected chi connectivity index (χ4v) is 4.56. The monoisotopic (exact) mass is 484 g/mol. The SMILES string of the molecule is CN[C@@H]1C(O)[C@@H](OC2[C@H](N)CC(N)[C@@H](O[C@H]3OC(CO)[C@@H](O)[C@H](O)C3NO)[C@@H]2O)OC[C@H]1O. The molecule has 13 N–H and O–H groups in total. The first-order valence-corrected chi connectivity index (χ1v) is 10.8. The van der Waals surface area contributed by atoms with Crippen LogP contribution >= 0.6 is 0 Å². The zero-order chi connectivity index (χ0) is 24.4. The van der Waals surface area contributed by atoms with Crippen LogP contribution < -0.4 is 22.3 Å². The van der Waals surface area contributed by atoms with Crippen LogP contribution in [0, 0.1) is 0 Å². The van der Waals surface area contributed by atoms with E-state index in [4.69, 9.17) is 30.4 Å². The van der Waals surface area contributed by atoms with Gasteiger partial charge in [-0.15, -0.1) is 0 Å². The van der Waals surface area contributed by atoms with Crippen LogP contribution in [0.4, 0.5) is 0 Å². The molecule has 0 amide bonds. The maximum absolute atomic E-state index is 11.0. The number of aliphatic hydroxyl groups excluding tert-OH is 6. The van der Waals surface area contributed by atoms with Crippen molar-refractivity contribution in [2.75, 3.05) is 20.3 Å². The van der Waals surface area contributed by atoms with Crippen molar-refractivity contribution in [1.82, 2.24) is 10.8 Å². The molecule has 2 heterocycles. The largest absolute Gasteiger partial charge is 0.394 e. The minimum absolute atomic E-state index is 0.118. The molecule has 0 spiro atoms. The lowest BCUT2D eigenvalue weighted by molar-refractivity contribution is -0.318. The summed E-state index contributed by atoms with van der Waals surface area (Å²) in [7, 11) is 1.56. The van der Waals surface area contributed by atoms with Crippen LogP contribution in [0.5, 0.6) is 0 Å². The molecule has 2 saturated heterocycles. The quantitative estimate of drug-likeness (QED) is 0.150. The lowest BCUT2D eigenvalue weighted by atomic mass is 9.84. The fourth-order valence-electron chi connectivity index (χ4n) is 4.56. The number of nitrogens with one attached hydrogen (secondary N) is 2. The van der Waals surface area contributed by atoms with Gasteiger partial charge in [0.15, 0.2) is 12.6 Å². The van der Waals surface area contributed by atoms with Crippen molar-refractivity contribution in [2.24, 2.45) is 11.5 Å². The first-order chi connectivity index (χ1) is 15.6. The number of nitrogens with two attached hydrogens (primary N) is 2. The first kappa shape index (κ1) is 27.0. The van der Waals surface area contributed by atoms with Gasteiger partial charge in [-0.05, 0) is 13.5 Å². The molecule has 1 saturated carbocycles. The molecular weight excluding hydrogens is 448 g/mol. The molecule has 1 aliphatic carbocycles. The summed E-state index contributed by atoms with van der Waals surface area (Å²) in [5, 5.41) is 73.2. The summed E-state index contributed by atoms with van der Waals surface area (Å²) in [6, 6.07) is -3.62. The van der Waals surface area contributed by atoms with Crippen LogP contribution in [0.3, 0.4) is 0 Å². The molecule has 0 aromatic carbocycles. The predicted molar refractivity (Wildman–Crippen MR) is 107 cm³/mol. The van der Waals surface area contributed by atoms with Gasteiger partial charge in [0.05, 0.1) is 25.4 Å². The summed E-state index contributed by atoms with van der Waals surface area (Å²) >= 11 is 0. The van der Waals surface area contributed by atoms with Crippen molar-refractivity contribution in [2.45, 2.75) is 92.0 Å². The Balaban J connectivity index is 1.72. The van der Waals surface area contributed by atoms with Crippen molar-refractivity contribution in [1.29, 1.82) is 0 Å². The molecular formula is C18H36N4O11. The number of hydroxylamine groups is 1. The van der Waals surface area contributed by atoms with Crippen LogP contribution in [0.25, 0.3) is 0 Å². The lowest BCUT2D eigenvalue weighted by Gasteiger charge is -2.48. The van der Waals surface area contributed by atoms with Gasteiger partial charge in [-0.2, -0.15) is 5.48 Å². The van der Waals surface area contributed by atoms with E-state index in [0.29, 0.717) is 0 Å². The first-order valence-electron chi connectivity index (χ1n) is 10.8. The van der Waals surface area contributed by atoms with Crippen LogP contribution in [-0.4, -0.2) is 142 Å². The number of likely N-dealkylation sites (N-methyl/N-ethyl adjacent to an activating group) is 1. The Hall–Kier alpha value is -0.600. The Morgan fingerprint density at radius 1 is 0.879 bits per heavy atom. The highest BCUT2D eigenvalue weighted by atomic mass is 16.7. The summed E-state index contributed by atoms with van der Waals surface area (Å²) in [6.07, 6.45) is -12.7. The molecule has 2 aliphatic heterocycles. The fraction of sp³-hybridized carbons (Fsp3) is 1.00. The molecule has 0 radical (unpaired) electrons. The van der Waals surface area contributed by atoms with Crippen molar-refractivity contribution in [3.05, 3.63) is 0 Å². The van der Waals surface area contributed by atoms with Gasteiger partial charge >= 0.3 is 0 Å². The summed E-state index contributed by atoms with van der Waals surface area (Å²) < 4.78 is 22.4. The molecule has 14 atom stereocenters. The predicted octanol–water partition coefficient (Wildman–Crippen LogP) is -6.37. The van der Waals surface area contributed by atoms with Gasteiger partial charge in [-0.3, -0.25) is 0 Å². The molecule has 5 unspecified atom stereocenters. The highest BCUT2D eigenvalue weighted by molar-refractivity contribution is 5.01. The van der Waals surface area contributed by atoms with E-state index in [1.54, 1.807) is 12.5 Å². The molecule has 0 aromatic heterocycles. The van der Waals surface area contributed by atoms with Crippen molar-refractivity contribution >= 4 is 0 Å². The molecule has 15 heteroatoms. The van der Waals surface area contributed by atoms with E-state index in [1.165, 1.54) is 0 Å². The van der Waals surface area contributed by atoms with Gasteiger partial charge in [0.25, 0.3) is 0 Å². The average molecular weight is 485 g/mol. The van der Waals surface area contributed by atoms with E-state index in [1.807, 2.05) is 0 Å². The Morgan fingerprint density at radius 2 is 1.48 bits per heavy atom. The van der Waals surface area contributed by atoms with E-state index in [0.717, 1.165) is 0 Å². The third kappa shape index (κ3) is 5.48. The topological polar surface area (TPSA) is 255 Å². The highest BCUT2D eigenvalue weighted by Gasteiger charge is 2.51. The highest BCUT2D eigenvalue weighted by Crippen LogP contribution is 2.30. The van der Waals surface area contributed by atoms with Gasteiger partial charge in [-0.25, -0.2) is 0 Å². The number of hydrogen-bond acceptors (Lipinski definition) is 15. The summed E-state index contributed by atoms with van der Waals surface area (Å²) in [4.78, 5) is 0. The second-order valence-corrected chi connectivity index (χ2v) is 8.69. The second kappa shape index (κ2) is 11.4. The number of rotatable bonds is 7. The van der Waals surface area contributed by atoms with Crippen LogP contribution in [0.1, 0.15) is 6.42 Å². The maximum atomic E-state index is 11.0. The normalized spacial score (nSPS) is 51.5. The van der Waals surface area contributed by atoms with Gasteiger partial charge in [0.2, 0.25) is 0 Å². The molecule has 3 fully saturated rings. The molecule has 0 aromatic rings. The van der Waals surface area contributed by atoms with E-state index in [-0.39, 0.29) is 13.0 Å². The van der Waals surface area contributed by atoms with Crippen molar-refractivity contribution in [3.63, 3.8) is 0 Å². The number of ether oxygens (including phenoxy) is 4. The van der Waals surface area contributed by atoms with Crippen LogP contribution in [0.2, 0.25) is 0 Å². The lowest BCUT2D eigenvalue weighted by Crippen LogP contribution is -2.68. The van der Waals surface area contributed by atoms with Crippen molar-refractivity contribution in [3.8, 4) is 0 Å². The van der Waals surface area contributed by atoms with Gasteiger partial charge in [0, 0.05) is 12.1 Å². The van der Waals surface area contributed by atoms with Crippen LogP contribution in [0.15, 0.2) is 0 Å². The minimum atomic E-state index is -1.56. The third-order valence-electron chi connectivity index (χ3n) is 6.50. The zero-order valence-corrected chi connectivity index (χ0v) is 18.1. The van der Waals surface area contributed by atoms with Crippen LogP contribution in [-0.2, 0) is 18.9 Å². The number of aliphatic hydroxyl groups is 6. The summed E-state index contributed by atoms with van der Waals surface area (Å²) in [5.74, 6) is 0. The molecule has 15 nitrogen and oxygen atoms in total. The molecule has 3 rings (SSSR count). The van der Waals surface area contributed by atoms with Crippen molar-refractivity contribution < 1.29 is 54.8 Å². The standard InChI is InChI=1S/C18H36N4O11/c1-21-9-7(24)4-30-18(13(9)27)33-16-6(20)2-5(19)15(14(16)28)32-17-10(22-29)12(26)11(25)8(3-23)31-17/h5-18,21-29H,2-4,19-20H2,1H3/t5?,6-,7-,8?,9+,10?,11-,12-,13?,14+,15-,16?,17-,18-/m1/s1. The summed E-state index contributed by atoms with van der Waals surface area (Å²) in [6.45, 7) is -0.755. The smallest absolute Gasteiger partial charge is 0.185 e. The molecule has 194 valence electrons. The van der Waals surface area contributed by atoms with Gasteiger partial charge in [0.1, 0.15) is 48.8 Å².